The molecule has 2 heterocycles. The van der Waals surface area contributed by atoms with Crippen LogP contribution in [-0.4, -0.2) is 5.84 Å². The average Bonchev–Trinajstić information content (AvgIpc) is 3.81. The van der Waals surface area contributed by atoms with Crippen LogP contribution in [0.15, 0.2) is 173 Å². The summed E-state index contributed by atoms with van der Waals surface area (Å²) in [6.45, 7) is 0. The number of hydrogen-bond donors (Lipinski definition) is 1. The number of nitrogens with two attached hydrogens (primary N) is 1. The van der Waals surface area contributed by atoms with Crippen molar-refractivity contribution >= 4 is 60.0 Å². The van der Waals surface area contributed by atoms with Gasteiger partial charge in [0.15, 0.2) is 0 Å². The Kier molecular flexibility index (Phi) is 8.19. The van der Waals surface area contributed by atoms with Gasteiger partial charge in [0.1, 0.15) is 17.2 Å². The number of amidine groups is 1. The first-order valence-electron chi connectivity index (χ1n) is 18.8. The minimum Gasteiger partial charge on any atom is -0.460 e. The highest BCUT2D eigenvalue weighted by Gasteiger charge is 2.30. The van der Waals surface area contributed by atoms with Gasteiger partial charge in [0, 0.05) is 49.0 Å². The fraction of sp³-hybridized carbons (Fsp3) is 0.100. The first-order chi connectivity index (χ1) is 26.7. The number of furan rings is 1. The van der Waals surface area contributed by atoms with Crippen molar-refractivity contribution in [3.63, 3.8) is 0 Å². The third-order valence-corrected chi connectivity index (χ3v) is 12.2. The SMILES string of the molecule is NC(=NC(c1ccc(-c2ccccc2)cc1)C1C=Cc2c(oc3cc(-c4ccccc4)cc(C4=CC=CCC4)c23)C1)c1ccc2sc3ccccc3c2c1. The van der Waals surface area contributed by atoms with Crippen molar-refractivity contribution in [1.82, 2.24) is 0 Å². The van der Waals surface area contributed by atoms with E-state index in [2.05, 4.69) is 170 Å². The number of allylic oxidation sites excluding steroid dienone is 4. The van der Waals surface area contributed by atoms with Crippen molar-refractivity contribution in [2.24, 2.45) is 16.6 Å². The third kappa shape index (κ3) is 5.89. The van der Waals surface area contributed by atoms with Crippen molar-refractivity contribution < 1.29 is 4.42 Å². The Hall–Kier alpha value is -6.23. The Bertz CT molecular complexity index is 2800. The molecule has 2 unspecified atom stereocenters. The lowest BCUT2D eigenvalue weighted by Crippen LogP contribution is -2.20. The molecule has 0 saturated heterocycles. The summed E-state index contributed by atoms with van der Waals surface area (Å²) in [6, 6.07) is 49.4. The van der Waals surface area contributed by atoms with Crippen LogP contribution in [0.1, 0.15) is 46.9 Å². The van der Waals surface area contributed by atoms with E-state index in [-0.39, 0.29) is 12.0 Å². The monoisotopic (exact) mass is 714 g/mol. The lowest BCUT2D eigenvalue weighted by atomic mass is 9.83. The molecule has 0 saturated carbocycles. The van der Waals surface area contributed by atoms with Crippen molar-refractivity contribution in [3.05, 3.63) is 192 Å². The number of nitrogens with zero attached hydrogens (tertiary/aromatic N) is 1. The zero-order valence-corrected chi connectivity index (χ0v) is 30.6. The second-order valence-corrected chi connectivity index (χ2v) is 15.4. The van der Waals surface area contributed by atoms with E-state index >= 15 is 0 Å². The largest absolute Gasteiger partial charge is 0.460 e. The van der Waals surface area contributed by atoms with Crippen LogP contribution in [0.25, 0.3) is 65.0 Å². The first-order valence-corrected chi connectivity index (χ1v) is 19.6. The lowest BCUT2D eigenvalue weighted by molar-refractivity contribution is 0.452. The zero-order valence-electron chi connectivity index (χ0n) is 29.8. The molecule has 4 heteroatoms. The van der Waals surface area contributed by atoms with Crippen molar-refractivity contribution in [1.29, 1.82) is 0 Å². The van der Waals surface area contributed by atoms with E-state index in [1.165, 1.54) is 64.5 Å². The van der Waals surface area contributed by atoms with E-state index in [0.717, 1.165) is 41.7 Å². The molecular formula is C50H38N2OS. The standard InChI is InChI=1S/C50H38N2OS/c51-50(38-25-27-47-43(28-38)40-18-10-11-19-46(40)54-47)52-49(36-22-20-34(21-23-36)32-12-4-1-5-13-32)37-24-26-41-44(30-37)53-45-31-39(33-14-6-2-7-15-33)29-42(48(41)45)35-16-8-3-9-17-35/h1-8,10-16,18-29,31,37,49H,9,17,30H2,(H2,51,52). The summed E-state index contributed by atoms with van der Waals surface area (Å²) in [7, 11) is 0. The number of fused-ring (bicyclic) bond motifs is 6. The number of rotatable bonds is 7. The van der Waals surface area contributed by atoms with Gasteiger partial charge in [-0.15, -0.1) is 11.3 Å². The molecule has 54 heavy (non-hydrogen) atoms. The van der Waals surface area contributed by atoms with Gasteiger partial charge in [-0.05, 0) is 88.2 Å². The fourth-order valence-electron chi connectivity index (χ4n) is 8.26. The summed E-state index contributed by atoms with van der Waals surface area (Å²) < 4.78 is 9.40. The number of thiophene rings is 1. The van der Waals surface area contributed by atoms with Crippen LogP contribution in [0.2, 0.25) is 0 Å². The molecular weight excluding hydrogens is 677 g/mol. The molecule has 2 aromatic heterocycles. The quantitative estimate of drug-likeness (QED) is 0.132. The van der Waals surface area contributed by atoms with Gasteiger partial charge >= 0.3 is 0 Å². The molecule has 0 aliphatic heterocycles. The molecule has 8 aromatic rings. The molecule has 2 aliphatic carbocycles. The van der Waals surface area contributed by atoms with Gasteiger partial charge in [-0.2, -0.15) is 0 Å². The topological polar surface area (TPSA) is 51.5 Å². The normalized spacial score (nSPS) is 16.2. The summed E-state index contributed by atoms with van der Waals surface area (Å²) >= 11 is 1.81. The molecule has 3 nitrogen and oxygen atoms in total. The van der Waals surface area contributed by atoms with Crippen molar-refractivity contribution in [2.75, 3.05) is 0 Å². The van der Waals surface area contributed by atoms with Crippen LogP contribution < -0.4 is 5.73 Å². The molecule has 2 aliphatic rings. The molecule has 0 radical (unpaired) electrons. The Morgan fingerprint density at radius 1 is 0.722 bits per heavy atom. The Morgan fingerprint density at radius 2 is 1.44 bits per heavy atom. The average molecular weight is 715 g/mol. The summed E-state index contributed by atoms with van der Waals surface area (Å²) in [6.07, 6.45) is 14.1. The molecule has 10 rings (SSSR count). The van der Waals surface area contributed by atoms with Crippen LogP contribution >= 0.6 is 11.3 Å². The third-order valence-electron chi connectivity index (χ3n) is 11.0. The van der Waals surface area contributed by atoms with Gasteiger partial charge < -0.3 is 10.2 Å². The van der Waals surface area contributed by atoms with E-state index in [4.69, 9.17) is 15.1 Å². The van der Waals surface area contributed by atoms with Crippen molar-refractivity contribution in [2.45, 2.75) is 25.3 Å². The zero-order chi connectivity index (χ0) is 36.0. The maximum atomic E-state index is 6.99. The first kappa shape index (κ1) is 32.4. The molecule has 0 bridgehead atoms. The summed E-state index contributed by atoms with van der Waals surface area (Å²) in [5.41, 5.74) is 18.5. The highest BCUT2D eigenvalue weighted by atomic mass is 32.1. The molecule has 2 N–H and O–H groups in total. The van der Waals surface area contributed by atoms with E-state index in [9.17, 15) is 0 Å². The van der Waals surface area contributed by atoms with Gasteiger partial charge in [-0.1, -0.05) is 134 Å². The van der Waals surface area contributed by atoms with Gasteiger partial charge in [0.05, 0.1) is 6.04 Å². The Balaban J connectivity index is 1.07. The van der Waals surface area contributed by atoms with E-state index in [0.29, 0.717) is 5.84 Å². The Morgan fingerprint density at radius 3 is 2.22 bits per heavy atom. The second kappa shape index (κ2) is 13.6. The summed E-state index contributed by atoms with van der Waals surface area (Å²) in [5.74, 6) is 1.58. The van der Waals surface area contributed by atoms with E-state index in [1.54, 1.807) is 0 Å². The minimum atomic E-state index is -0.215. The number of aliphatic imine (C=N–C) groups is 1. The van der Waals surface area contributed by atoms with Crippen molar-refractivity contribution in [3.8, 4) is 22.3 Å². The minimum absolute atomic E-state index is 0.0405. The molecule has 6 aromatic carbocycles. The van der Waals surface area contributed by atoms with Crippen LogP contribution in [0.5, 0.6) is 0 Å². The van der Waals surface area contributed by atoms with Gasteiger partial charge in [0.25, 0.3) is 0 Å². The highest BCUT2D eigenvalue weighted by Crippen LogP contribution is 2.44. The molecule has 2 atom stereocenters. The molecule has 260 valence electrons. The van der Waals surface area contributed by atoms with E-state index < -0.39 is 0 Å². The molecule has 0 fully saturated rings. The van der Waals surface area contributed by atoms with Crippen LogP contribution in [0, 0.1) is 5.92 Å². The van der Waals surface area contributed by atoms with Gasteiger partial charge in [0.2, 0.25) is 0 Å². The van der Waals surface area contributed by atoms with E-state index in [1.807, 2.05) is 11.3 Å². The highest BCUT2D eigenvalue weighted by molar-refractivity contribution is 7.25. The summed E-state index contributed by atoms with van der Waals surface area (Å²) in [4.78, 5) is 5.37. The smallest absolute Gasteiger partial charge is 0.136 e. The van der Waals surface area contributed by atoms with Gasteiger partial charge in [-0.25, -0.2) is 0 Å². The fourth-order valence-corrected chi connectivity index (χ4v) is 9.34. The predicted molar refractivity (Wildman–Crippen MR) is 229 cm³/mol. The predicted octanol–water partition coefficient (Wildman–Crippen LogP) is 13.2. The van der Waals surface area contributed by atoms with Crippen LogP contribution in [0.3, 0.4) is 0 Å². The second-order valence-electron chi connectivity index (χ2n) is 14.3. The van der Waals surface area contributed by atoms with Crippen LogP contribution in [-0.2, 0) is 6.42 Å². The number of benzene rings is 6. The van der Waals surface area contributed by atoms with Gasteiger partial charge in [-0.3, -0.25) is 4.99 Å². The maximum Gasteiger partial charge on any atom is 0.136 e. The molecule has 0 spiro atoms. The van der Waals surface area contributed by atoms with Crippen LogP contribution in [0.4, 0.5) is 0 Å². The summed E-state index contributed by atoms with van der Waals surface area (Å²) in [5, 5.41) is 3.67. The maximum absolute atomic E-state index is 6.99. The lowest BCUT2D eigenvalue weighted by Gasteiger charge is -2.25. The Labute approximate surface area is 319 Å². The molecule has 0 amide bonds. The number of hydrogen-bond acceptors (Lipinski definition) is 3.